The first-order valence-electron chi connectivity index (χ1n) is 8.65. The number of hydrogen-bond acceptors (Lipinski definition) is 6. The van der Waals surface area contributed by atoms with E-state index in [-0.39, 0.29) is 34.2 Å². The molecule has 29 heavy (non-hydrogen) atoms. The SMILES string of the molecule is CCN1C(=O)C(CC(=O)Nc2ccccc2C)S/C1=N/S(=O)(=O)c1ccc(Cl)s1. The first-order valence-corrected chi connectivity index (χ1v) is 12.2. The van der Waals surface area contributed by atoms with Crippen LogP contribution in [0.1, 0.15) is 18.9 Å². The number of para-hydroxylation sites is 1. The summed E-state index contributed by atoms with van der Waals surface area (Å²) in [6, 6.07) is 10.2. The van der Waals surface area contributed by atoms with Gasteiger partial charge in [-0.25, -0.2) is 0 Å². The summed E-state index contributed by atoms with van der Waals surface area (Å²) in [5.41, 5.74) is 1.58. The predicted octanol–water partition coefficient (Wildman–Crippen LogP) is 3.75. The molecule has 1 unspecified atom stereocenters. The number of benzene rings is 1. The molecule has 1 saturated heterocycles. The summed E-state index contributed by atoms with van der Waals surface area (Å²) in [6.45, 7) is 3.84. The van der Waals surface area contributed by atoms with E-state index in [1.165, 1.54) is 17.0 Å². The molecule has 1 atom stereocenters. The molecule has 11 heteroatoms. The van der Waals surface area contributed by atoms with Gasteiger partial charge in [0.15, 0.2) is 5.17 Å². The molecule has 3 rings (SSSR count). The minimum atomic E-state index is -3.99. The molecule has 7 nitrogen and oxygen atoms in total. The highest BCUT2D eigenvalue weighted by Crippen LogP contribution is 2.33. The normalized spacial score (nSPS) is 18.4. The zero-order valence-electron chi connectivity index (χ0n) is 15.6. The molecular formula is C18H18ClN3O4S3. The van der Waals surface area contributed by atoms with Crippen LogP contribution in [0.4, 0.5) is 5.69 Å². The molecule has 2 amide bonds. The summed E-state index contributed by atoms with van der Waals surface area (Å²) in [6.07, 6.45) is -0.0851. The number of nitrogens with zero attached hydrogens (tertiary/aromatic N) is 2. The second kappa shape index (κ2) is 8.86. The zero-order chi connectivity index (χ0) is 21.2. The van der Waals surface area contributed by atoms with Gasteiger partial charge in [0.25, 0.3) is 10.0 Å². The van der Waals surface area contributed by atoms with Gasteiger partial charge in [-0.1, -0.05) is 41.6 Å². The fourth-order valence-electron chi connectivity index (χ4n) is 2.67. The summed E-state index contributed by atoms with van der Waals surface area (Å²) < 4.78 is 29.2. The maximum absolute atomic E-state index is 12.7. The van der Waals surface area contributed by atoms with Crippen LogP contribution in [-0.2, 0) is 19.6 Å². The molecule has 0 bridgehead atoms. The third-order valence-electron chi connectivity index (χ3n) is 4.13. The van der Waals surface area contributed by atoms with Gasteiger partial charge in [0.2, 0.25) is 11.8 Å². The molecule has 0 saturated carbocycles. The number of carbonyl (C=O) groups excluding carboxylic acids is 2. The van der Waals surface area contributed by atoms with Crippen LogP contribution in [0.3, 0.4) is 0 Å². The van der Waals surface area contributed by atoms with Crippen LogP contribution in [0.5, 0.6) is 0 Å². The minimum absolute atomic E-state index is 0.000141. The topological polar surface area (TPSA) is 95.9 Å². The molecule has 2 aromatic rings. The van der Waals surface area contributed by atoms with Gasteiger partial charge in [0, 0.05) is 18.7 Å². The fraction of sp³-hybridized carbons (Fsp3) is 0.278. The Balaban J connectivity index is 1.76. The maximum atomic E-state index is 12.7. The van der Waals surface area contributed by atoms with Gasteiger partial charge in [-0.3, -0.25) is 14.5 Å². The van der Waals surface area contributed by atoms with Crippen LogP contribution in [0.2, 0.25) is 4.34 Å². The highest BCUT2D eigenvalue weighted by Gasteiger charge is 2.39. The van der Waals surface area contributed by atoms with Crippen molar-refractivity contribution < 1.29 is 18.0 Å². The Hall–Kier alpha value is -1.88. The Morgan fingerprint density at radius 3 is 2.62 bits per heavy atom. The number of carbonyl (C=O) groups is 2. The summed E-state index contributed by atoms with van der Waals surface area (Å²) in [7, 11) is -3.99. The van der Waals surface area contributed by atoms with Gasteiger partial charge in [-0.05, 0) is 37.6 Å². The standard InChI is InChI=1S/C18H18ClN3O4S3/c1-3-22-17(24)13(10-15(23)20-12-7-5-4-6-11(12)2)27-18(22)21-29(25,26)16-9-8-14(19)28-16/h4-9,13H,3,10H2,1-2H3,(H,20,23)/b21-18+. The van der Waals surface area contributed by atoms with E-state index in [0.29, 0.717) is 10.0 Å². The molecule has 154 valence electrons. The number of amides is 2. The number of hydrogen-bond donors (Lipinski definition) is 1. The molecule has 1 aromatic heterocycles. The van der Waals surface area contributed by atoms with Crippen molar-refractivity contribution in [2.75, 3.05) is 11.9 Å². The average Bonchev–Trinajstić information content (AvgIpc) is 3.21. The van der Waals surface area contributed by atoms with Crippen molar-refractivity contribution in [3.63, 3.8) is 0 Å². The largest absolute Gasteiger partial charge is 0.326 e. The molecule has 1 fully saturated rings. The van der Waals surface area contributed by atoms with E-state index in [1.807, 2.05) is 25.1 Å². The van der Waals surface area contributed by atoms with E-state index >= 15 is 0 Å². The number of nitrogens with one attached hydrogen (secondary N) is 1. The van der Waals surface area contributed by atoms with Gasteiger partial charge in [0.05, 0.1) is 4.34 Å². The Kier molecular flexibility index (Phi) is 6.67. The fourth-order valence-corrected chi connectivity index (χ4v) is 6.55. The zero-order valence-corrected chi connectivity index (χ0v) is 18.8. The Labute approximate surface area is 182 Å². The summed E-state index contributed by atoms with van der Waals surface area (Å²) >= 11 is 7.69. The lowest BCUT2D eigenvalue weighted by molar-refractivity contribution is -0.128. The van der Waals surface area contributed by atoms with Crippen molar-refractivity contribution in [1.29, 1.82) is 0 Å². The molecule has 0 aliphatic carbocycles. The molecule has 0 spiro atoms. The van der Waals surface area contributed by atoms with Crippen LogP contribution in [-0.4, -0.2) is 42.1 Å². The van der Waals surface area contributed by atoms with E-state index in [9.17, 15) is 18.0 Å². The molecule has 1 aromatic carbocycles. The quantitative estimate of drug-likeness (QED) is 0.692. The van der Waals surface area contributed by atoms with Crippen LogP contribution in [0, 0.1) is 6.92 Å². The lowest BCUT2D eigenvalue weighted by atomic mass is 10.2. The first-order chi connectivity index (χ1) is 13.7. The lowest BCUT2D eigenvalue weighted by Crippen LogP contribution is -2.33. The number of thiophene rings is 1. The van der Waals surface area contributed by atoms with Gasteiger partial charge < -0.3 is 5.32 Å². The Morgan fingerprint density at radius 1 is 1.28 bits per heavy atom. The van der Waals surface area contributed by atoms with Crippen molar-refractivity contribution in [2.45, 2.75) is 29.7 Å². The molecule has 2 heterocycles. The van der Waals surface area contributed by atoms with Crippen molar-refractivity contribution in [3.8, 4) is 0 Å². The van der Waals surface area contributed by atoms with Gasteiger partial charge in [0.1, 0.15) is 9.46 Å². The van der Waals surface area contributed by atoms with Crippen LogP contribution in [0.25, 0.3) is 0 Å². The number of halogens is 1. The Morgan fingerprint density at radius 2 is 2.00 bits per heavy atom. The summed E-state index contributed by atoms with van der Waals surface area (Å²) in [4.78, 5) is 26.4. The summed E-state index contributed by atoms with van der Waals surface area (Å²) in [5, 5.41) is 2.12. The van der Waals surface area contributed by atoms with Crippen LogP contribution in [0.15, 0.2) is 45.0 Å². The summed E-state index contributed by atoms with van der Waals surface area (Å²) in [5.74, 6) is -0.661. The third kappa shape index (κ3) is 5.00. The van der Waals surface area contributed by atoms with E-state index in [4.69, 9.17) is 11.6 Å². The van der Waals surface area contributed by atoms with Crippen molar-refractivity contribution in [3.05, 3.63) is 46.3 Å². The third-order valence-corrected chi connectivity index (χ3v) is 8.38. The monoisotopic (exact) mass is 471 g/mol. The van der Waals surface area contributed by atoms with Gasteiger partial charge in [-0.2, -0.15) is 8.42 Å². The maximum Gasteiger partial charge on any atom is 0.294 e. The smallest absolute Gasteiger partial charge is 0.294 e. The van der Waals surface area contributed by atoms with Crippen molar-refractivity contribution in [2.24, 2.45) is 4.40 Å². The van der Waals surface area contributed by atoms with E-state index in [2.05, 4.69) is 9.71 Å². The first kappa shape index (κ1) is 21.8. The second-order valence-corrected chi connectivity index (χ2v) is 10.9. The van der Waals surface area contributed by atoms with Gasteiger partial charge >= 0.3 is 0 Å². The number of amidine groups is 1. The van der Waals surface area contributed by atoms with Crippen molar-refractivity contribution >= 4 is 67.4 Å². The van der Waals surface area contributed by atoms with Crippen molar-refractivity contribution in [1.82, 2.24) is 4.90 Å². The number of aryl methyl sites for hydroxylation is 1. The number of anilines is 1. The molecular weight excluding hydrogens is 454 g/mol. The molecule has 1 N–H and O–H groups in total. The number of rotatable bonds is 6. The number of sulfonamides is 1. The Bertz CT molecular complexity index is 1080. The van der Waals surface area contributed by atoms with Crippen LogP contribution >= 0.6 is 34.7 Å². The minimum Gasteiger partial charge on any atom is -0.326 e. The van der Waals surface area contributed by atoms with E-state index < -0.39 is 15.3 Å². The predicted molar refractivity (Wildman–Crippen MR) is 117 cm³/mol. The second-order valence-electron chi connectivity index (χ2n) is 6.16. The number of thioether (sulfide) groups is 1. The van der Waals surface area contributed by atoms with Gasteiger partial charge in [-0.15, -0.1) is 15.7 Å². The highest BCUT2D eigenvalue weighted by molar-refractivity contribution is 8.16. The lowest BCUT2D eigenvalue weighted by Gasteiger charge is -2.13. The highest BCUT2D eigenvalue weighted by atomic mass is 35.5. The molecule has 1 aliphatic rings. The van der Waals surface area contributed by atoms with Crippen LogP contribution < -0.4 is 5.32 Å². The average molecular weight is 472 g/mol. The molecule has 0 radical (unpaired) electrons. The van der Waals surface area contributed by atoms with E-state index in [1.54, 1.807) is 13.0 Å². The van der Waals surface area contributed by atoms with E-state index in [0.717, 1.165) is 28.7 Å². The molecule has 1 aliphatic heterocycles.